The van der Waals surface area contributed by atoms with E-state index < -0.39 is 43.7 Å². The molecule has 4 N–H and O–H groups in total. The molecule has 0 aromatic heterocycles. The van der Waals surface area contributed by atoms with E-state index in [1.807, 2.05) is 0 Å². The normalized spacial score (nSPS) is 52.1. The Balaban J connectivity index is 2.06. The first kappa shape index (κ1) is 15.4. The molecule has 0 spiro atoms. The van der Waals surface area contributed by atoms with Crippen molar-refractivity contribution >= 4 is 7.60 Å². The number of hydrogen-bond acceptors (Lipinski definition) is 5. The predicted molar refractivity (Wildman–Crippen MR) is 64.4 cm³/mol. The molecule has 0 radical (unpaired) electrons. The highest BCUT2D eigenvalue weighted by Gasteiger charge is 2.47. The fourth-order valence-corrected chi connectivity index (χ4v) is 4.50. The summed E-state index contributed by atoms with van der Waals surface area (Å²) in [7, 11) is -3.77. The van der Waals surface area contributed by atoms with Crippen molar-refractivity contribution in [1.29, 1.82) is 0 Å². The van der Waals surface area contributed by atoms with E-state index in [0.717, 1.165) is 0 Å². The minimum atomic E-state index is -3.77. The SMILES string of the molecule is O=P1(O)OCCCC1C[C@H]1C(F)C[C@@H](O)[C@@H](O)[C@@H]1O. The second-order valence-corrected chi connectivity index (χ2v) is 7.51. The minimum absolute atomic E-state index is 0.0279. The Labute approximate surface area is 110 Å². The van der Waals surface area contributed by atoms with Crippen LogP contribution in [0.4, 0.5) is 4.39 Å². The van der Waals surface area contributed by atoms with Crippen molar-refractivity contribution in [2.75, 3.05) is 6.61 Å². The van der Waals surface area contributed by atoms with Crippen LogP contribution in [0.25, 0.3) is 0 Å². The molecule has 0 aromatic rings. The minimum Gasteiger partial charge on any atom is -0.390 e. The number of alkyl halides is 1. The van der Waals surface area contributed by atoms with Gasteiger partial charge in [0.05, 0.1) is 24.5 Å². The molecule has 1 saturated heterocycles. The van der Waals surface area contributed by atoms with E-state index in [4.69, 9.17) is 4.52 Å². The van der Waals surface area contributed by atoms with Gasteiger partial charge in [0, 0.05) is 12.3 Å². The van der Waals surface area contributed by atoms with Crippen molar-refractivity contribution in [3.8, 4) is 0 Å². The summed E-state index contributed by atoms with van der Waals surface area (Å²) in [6.07, 6.45) is -4.91. The summed E-state index contributed by atoms with van der Waals surface area (Å²) in [6.45, 7) is 0.206. The van der Waals surface area contributed by atoms with E-state index in [9.17, 15) is 29.2 Å². The van der Waals surface area contributed by atoms with E-state index in [2.05, 4.69) is 0 Å². The summed E-state index contributed by atoms with van der Waals surface area (Å²) < 4.78 is 30.5. The van der Waals surface area contributed by atoms with E-state index in [1.165, 1.54) is 0 Å². The molecule has 112 valence electrons. The largest absolute Gasteiger partial charge is 0.390 e. The average molecular weight is 298 g/mol. The molecular weight excluding hydrogens is 278 g/mol. The average Bonchev–Trinajstić information content (AvgIpc) is 2.33. The van der Waals surface area contributed by atoms with Crippen LogP contribution in [-0.2, 0) is 9.09 Å². The number of rotatable bonds is 2. The van der Waals surface area contributed by atoms with Gasteiger partial charge in [-0.2, -0.15) is 0 Å². The molecule has 1 aliphatic heterocycles. The van der Waals surface area contributed by atoms with Gasteiger partial charge in [-0.05, 0) is 19.3 Å². The maximum atomic E-state index is 13.9. The van der Waals surface area contributed by atoms with Crippen LogP contribution < -0.4 is 0 Å². The van der Waals surface area contributed by atoms with Crippen molar-refractivity contribution in [2.24, 2.45) is 5.92 Å². The number of aliphatic hydroxyl groups is 3. The van der Waals surface area contributed by atoms with Crippen molar-refractivity contribution < 1.29 is 33.7 Å². The van der Waals surface area contributed by atoms with E-state index >= 15 is 0 Å². The first-order valence-corrected chi connectivity index (χ1v) is 8.13. The van der Waals surface area contributed by atoms with Crippen LogP contribution in [0, 0.1) is 5.92 Å². The van der Waals surface area contributed by atoms with Crippen LogP contribution >= 0.6 is 7.60 Å². The molecule has 2 aliphatic rings. The first-order valence-electron chi connectivity index (χ1n) is 6.48. The van der Waals surface area contributed by atoms with Gasteiger partial charge in [0.15, 0.2) is 0 Å². The third-order valence-corrected chi connectivity index (χ3v) is 6.02. The lowest BCUT2D eigenvalue weighted by molar-refractivity contribution is -0.136. The maximum Gasteiger partial charge on any atom is 0.331 e. The Morgan fingerprint density at radius 1 is 1.26 bits per heavy atom. The molecule has 2 rings (SSSR count). The molecule has 1 aliphatic carbocycles. The zero-order valence-electron chi connectivity index (χ0n) is 10.4. The quantitative estimate of drug-likeness (QED) is 0.542. The number of aliphatic hydroxyl groups excluding tert-OH is 3. The molecule has 0 amide bonds. The smallest absolute Gasteiger partial charge is 0.331 e. The van der Waals surface area contributed by atoms with Gasteiger partial charge < -0.3 is 24.7 Å². The molecule has 1 saturated carbocycles. The second kappa shape index (κ2) is 5.76. The van der Waals surface area contributed by atoms with Crippen molar-refractivity contribution in [3.63, 3.8) is 0 Å². The van der Waals surface area contributed by atoms with Crippen LogP contribution in [0.15, 0.2) is 0 Å². The van der Waals surface area contributed by atoms with Gasteiger partial charge in [-0.1, -0.05) is 0 Å². The number of hydrogen-bond donors (Lipinski definition) is 4. The Morgan fingerprint density at radius 2 is 1.95 bits per heavy atom. The standard InChI is InChI=1S/C11H20FO6P/c12-8-5-9(13)11(15)10(14)7(8)4-6-2-1-3-18-19(6,16)17/h6-11,13-15H,1-5H2,(H,16,17)/t6?,7-,8?,9+,10+,11+/m0/s1. The summed E-state index contributed by atoms with van der Waals surface area (Å²) in [6, 6.07) is 0. The Kier molecular flexibility index (Phi) is 4.65. The Hall–Kier alpha value is -0.0400. The van der Waals surface area contributed by atoms with Crippen LogP contribution in [0.3, 0.4) is 0 Å². The lowest BCUT2D eigenvalue weighted by Crippen LogP contribution is -2.52. The van der Waals surface area contributed by atoms with Gasteiger partial charge in [-0.25, -0.2) is 4.39 Å². The Bertz CT molecular complexity index is 367. The molecule has 19 heavy (non-hydrogen) atoms. The molecule has 0 aromatic carbocycles. The van der Waals surface area contributed by atoms with Crippen molar-refractivity contribution in [2.45, 2.75) is 55.8 Å². The first-order chi connectivity index (χ1) is 8.83. The molecule has 6 nitrogen and oxygen atoms in total. The third-order valence-electron chi connectivity index (χ3n) is 4.08. The van der Waals surface area contributed by atoms with E-state index in [-0.39, 0.29) is 19.4 Å². The molecule has 2 fully saturated rings. The summed E-state index contributed by atoms with van der Waals surface area (Å²) in [4.78, 5) is 9.67. The number of halogens is 1. The van der Waals surface area contributed by atoms with Gasteiger partial charge in [0.25, 0.3) is 0 Å². The summed E-state index contributed by atoms with van der Waals surface area (Å²) in [5.74, 6) is -0.953. The molecule has 7 atom stereocenters. The molecular formula is C11H20FO6P. The molecule has 0 bridgehead atoms. The fourth-order valence-electron chi connectivity index (χ4n) is 2.87. The highest BCUT2D eigenvalue weighted by atomic mass is 31.2. The lowest BCUT2D eigenvalue weighted by Gasteiger charge is -2.40. The van der Waals surface area contributed by atoms with Crippen molar-refractivity contribution in [3.05, 3.63) is 0 Å². The van der Waals surface area contributed by atoms with Gasteiger partial charge in [0.1, 0.15) is 12.3 Å². The van der Waals surface area contributed by atoms with Crippen LogP contribution in [0.1, 0.15) is 25.7 Å². The zero-order valence-corrected chi connectivity index (χ0v) is 11.3. The molecule has 1 heterocycles. The van der Waals surface area contributed by atoms with Crippen molar-refractivity contribution in [1.82, 2.24) is 0 Å². The highest BCUT2D eigenvalue weighted by Crippen LogP contribution is 2.55. The maximum absolute atomic E-state index is 13.9. The fraction of sp³-hybridized carbons (Fsp3) is 1.00. The molecule has 8 heteroatoms. The van der Waals surface area contributed by atoms with E-state index in [1.54, 1.807) is 0 Å². The summed E-state index contributed by atoms with van der Waals surface area (Å²) >= 11 is 0. The highest BCUT2D eigenvalue weighted by molar-refractivity contribution is 7.53. The second-order valence-electron chi connectivity index (χ2n) is 5.39. The predicted octanol–water partition coefficient (Wildman–Crippen LogP) is 0.182. The van der Waals surface area contributed by atoms with Gasteiger partial charge in [-0.3, -0.25) is 4.57 Å². The summed E-state index contributed by atoms with van der Waals surface area (Å²) in [5, 5.41) is 28.7. The lowest BCUT2D eigenvalue weighted by atomic mass is 9.78. The monoisotopic (exact) mass is 298 g/mol. The Morgan fingerprint density at radius 3 is 2.58 bits per heavy atom. The molecule has 3 unspecified atom stereocenters. The van der Waals surface area contributed by atoms with Gasteiger partial charge in [-0.15, -0.1) is 0 Å². The van der Waals surface area contributed by atoms with Crippen LogP contribution in [0.5, 0.6) is 0 Å². The van der Waals surface area contributed by atoms with Crippen LogP contribution in [-0.4, -0.2) is 57.0 Å². The van der Waals surface area contributed by atoms with E-state index in [0.29, 0.717) is 12.8 Å². The zero-order chi connectivity index (χ0) is 14.2. The third kappa shape index (κ3) is 3.17. The van der Waals surface area contributed by atoms with Gasteiger partial charge >= 0.3 is 7.60 Å². The summed E-state index contributed by atoms with van der Waals surface area (Å²) in [5.41, 5.74) is -0.721. The van der Waals surface area contributed by atoms with Crippen LogP contribution in [0.2, 0.25) is 0 Å². The van der Waals surface area contributed by atoms with Gasteiger partial charge in [0.2, 0.25) is 0 Å². The topological polar surface area (TPSA) is 107 Å².